The van der Waals surface area contributed by atoms with Gasteiger partial charge in [0.05, 0.1) is 18.8 Å². The van der Waals surface area contributed by atoms with Crippen LogP contribution < -0.4 is 11.2 Å². The number of hydrogen-bond donors (Lipinski definition) is 0. The number of ether oxygens (including phenoxy) is 1. The zero-order valence-electron chi connectivity index (χ0n) is 14.9. The van der Waals surface area contributed by atoms with Crippen molar-refractivity contribution >= 4 is 11.2 Å². The van der Waals surface area contributed by atoms with Gasteiger partial charge < -0.3 is 9.30 Å². The minimum atomic E-state index is -0.353. The van der Waals surface area contributed by atoms with Crippen molar-refractivity contribution in [2.75, 3.05) is 13.1 Å². The molecule has 0 radical (unpaired) electrons. The van der Waals surface area contributed by atoms with E-state index < -0.39 is 0 Å². The highest BCUT2D eigenvalue weighted by atomic mass is 16.5. The van der Waals surface area contributed by atoms with E-state index in [0.717, 1.165) is 23.5 Å². The lowest BCUT2D eigenvalue weighted by Gasteiger charge is -2.35. The van der Waals surface area contributed by atoms with Crippen LogP contribution in [0.2, 0.25) is 0 Å². The molecule has 2 aromatic rings. The zero-order valence-corrected chi connectivity index (χ0v) is 14.9. The number of rotatable bonds is 3. The summed E-state index contributed by atoms with van der Waals surface area (Å²) in [6.45, 7) is 9.03. The Bertz CT molecular complexity index is 868. The molecule has 2 aromatic heterocycles. The molecule has 1 fully saturated rings. The number of imidazole rings is 1. The highest BCUT2D eigenvalue weighted by Crippen LogP contribution is 2.17. The average molecular weight is 335 g/mol. The van der Waals surface area contributed by atoms with Gasteiger partial charge in [-0.05, 0) is 20.8 Å². The summed E-state index contributed by atoms with van der Waals surface area (Å²) < 4.78 is 10.3. The normalized spacial score (nSPS) is 22.4. The maximum atomic E-state index is 12.5. The summed E-state index contributed by atoms with van der Waals surface area (Å²) in [7, 11) is 3.15. The monoisotopic (exact) mass is 335 g/mol. The van der Waals surface area contributed by atoms with Gasteiger partial charge in [-0.2, -0.15) is 0 Å². The summed E-state index contributed by atoms with van der Waals surface area (Å²) in [5, 5.41) is 0. The summed E-state index contributed by atoms with van der Waals surface area (Å²) >= 11 is 0. The first-order chi connectivity index (χ1) is 11.3. The molecule has 1 aliphatic rings. The molecule has 0 amide bonds. The first kappa shape index (κ1) is 16.9. The van der Waals surface area contributed by atoms with Gasteiger partial charge in [-0.15, -0.1) is 0 Å². The molecule has 2 atom stereocenters. The fraction of sp³-hybridized carbons (Fsp3) is 0.688. The van der Waals surface area contributed by atoms with Gasteiger partial charge in [0, 0.05) is 33.7 Å². The quantitative estimate of drug-likeness (QED) is 0.793. The topological polar surface area (TPSA) is 74.3 Å². The smallest absolute Gasteiger partial charge is 0.332 e. The Kier molecular flexibility index (Phi) is 4.35. The molecule has 1 saturated heterocycles. The minimum absolute atomic E-state index is 0.172. The minimum Gasteiger partial charge on any atom is -0.373 e. The van der Waals surface area contributed by atoms with Crippen LogP contribution in [0, 0.1) is 0 Å². The van der Waals surface area contributed by atoms with Crippen molar-refractivity contribution in [3.8, 4) is 0 Å². The Hall–Kier alpha value is -1.93. The molecule has 8 nitrogen and oxygen atoms in total. The SMILES string of the molecule is CCn1c(CN2C[C@H](C)O[C@@H](C)C2)nc2c1c(=O)n(C)c(=O)n2C. The third-order valence-electron chi connectivity index (χ3n) is 4.60. The first-order valence-electron chi connectivity index (χ1n) is 8.36. The lowest BCUT2D eigenvalue weighted by molar-refractivity contribution is -0.0712. The van der Waals surface area contributed by atoms with Crippen molar-refractivity contribution in [2.45, 2.75) is 46.1 Å². The van der Waals surface area contributed by atoms with Gasteiger partial charge in [0.1, 0.15) is 5.82 Å². The van der Waals surface area contributed by atoms with Crippen molar-refractivity contribution in [3.63, 3.8) is 0 Å². The molecule has 3 rings (SSSR count). The number of fused-ring (bicyclic) bond motifs is 1. The van der Waals surface area contributed by atoms with Crippen molar-refractivity contribution < 1.29 is 4.74 Å². The fourth-order valence-electron chi connectivity index (χ4n) is 3.57. The Balaban J connectivity index is 2.09. The van der Waals surface area contributed by atoms with E-state index in [4.69, 9.17) is 4.74 Å². The molecule has 0 unspecified atom stereocenters. The van der Waals surface area contributed by atoms with Crippen LogP contribution in [-0.2, 0) is 31.9 Å². The van der Waals surface area contributed by atoms with Crippen molar-refractivity contribution in [3.05, 3.63) is 26.7 Å². The van der Waals surface area contributed by atoms with Crippen LogP contribution in [0.15, 0.2) is 9.59 Å². The second kappa shape index (κ2) is 6.18. The standard InChI is InChI=1S/C16H25N5O3/c1-6-21-12(9-20-7-10(2)24-11(3)8-20)17-14-13(21)15(22)19(5)16(23)18(14)4/h10-11H,6-9H2,1-5H3/t10-,11-/m0/s1. The van der Waals surface area contributed by atoms with E-state index in [1.807, 2.05) is 11.5 Å². The summed E-state index contributed by atoms with van der Waals surface area (Å²) in [6.07, 6.45) is 0.343. The second-order valence-corrected chi connectivity index (χ2v) is 6.60. The molecule has 0 spiro atoms. The molecule has 8 heteroatoms. The van der Waals surface area contributed by atoms with E-state index >= 15 is 0 Å². The highest BCUT2D eigenvalue weighted by Gasteiger charge is 2.25. The molecular weight excluding hydrogens is 310 g/mol. The van der Waals surface area contributed by atoms with E-state index in [1.165, 1.54) is 11.6 Å². The summed E-state index contributed by atoms with van der Waals surface area (Å²) in [6, 6.07) is 0. The maximum Gasteiger partial charge on any atom is 0.332 e. The van der Waals surface area contributed by atoms with Crippen LogP contribution in [0.5, 0.6) is 0 Å². The van der Waals surface area contributed by atoms with Crippen molar-refractivity contribution in [1.29, 1.82) is 0 Å². The van der Waals surface area contributed by atoms with Gasteiger partial charge in [-0.3, -0.25) is 18.8 Å². The molecule has 24 heavy (non-hydrogen) atoms. The lowest BCUT2D eigenvalue weighted by Crippen LogP contribution is -2.45. The van der Waals surface area contributed by atoms with E-state index in [1.54, 1.807) is 7.05 Å². The van der Waals surface area contributed by atoms with Crippen molar-refractivity contribution in [1.82, 2.24) is 23.6 Å². The molecule has 0 aromatic carbocycles. The molecule has 132 valence electrons. The number of aromatic nitrogens is 4. The molecule has 3 heterocycles. The highest BCUT2D eigenvalue weighted by molar-refractivity contribution is 5.71. The number of nitrogens with zero attached hydrogens (tertiary/aromatic N) is 5. The Morgan fingerprint density at radius 3 is 2.33 bits per heavy atom. The van der Waals surface area contributed by atoms with Gasteiger partial charge in [0.15, 0.2) is 11.2 Å². The van der Waals surface area contributed by atoms with E-state index in [2.05, 4.69) is 23.7 Å². The van der Waals surface area contributed by atoms with Crippen LogP contribution in [0.3, 0.4) is 0 Å². The van der Waals surface area contributed by atoms with Crippen LogP contribution in [0.1, 0.15) is 26.6 Å². The van der Waals surface area contributed by atoms with Crippen molar-refractivity contribution in [2.24, 2.45) is 14.1 Å². The molecule has 0 bridgehead atoms. The average Bonchev–Trinajstić information content (AvgIpc) is 2.88. The third-order valence-corrected chi connectivity index (χ3v) is 4.60. The molecule has 0 aliphatic carbocycles. The van der Waals surface area contributed by atoms with Crippen LogP contribution >= 0.6 is 0 Å². The van der Waals surface area contributed by atoms with Gasteiger partial charge in [-0.25, -0.2) is 9.78 Å². The van der Waals surface area contributed by atoms with Gasteiger partial charge in [0.2, 0.25) is 0 Å². The summed E-state index contributed by atoms with van der Waals surface area (Å²) in [5.74, 6) is 0.812. The Morgan fingerprint density at radius 2 is 1.75 bits per heavy atom. The predicted octanol–water partition coefficient (Wildman–Crippen LogP) is 0.0628. The first-order valence-corrected chi connectivity index (χ1v) is 8.36. The Labute approximate surface area is 140 Å². The second-order valence-electron chi connectivity index (χ2n) is 6.60. The Morgan fingerprint density at radius 1 is 1.12 bits per heavy atom. The molecule has 0 N–H and O–H groups in total. The third kappa shape index (κ3) is 2.69. The lowest BCUT2D eigenvalue weighted by atomic mass is 10.2. The van der Waals surface area contributed by atoms with Crippen LogP contribution in [0.4, 0.5) is 0 Å². The maximum absolute atomic E-state index is 12.5. The van der Waals surface area contributed by atoms with Gasteiger partial charge >= 0.3 is 5.69 Å². The largest absolute Gasteiger partial charge is 0.373 e. The van der Waals surface area contributed by atoms with Gasteiger partial charge in [0.25, 0.3) is 5.56 Å². The number of morpholine rings is 1. The van der Waals surface area contributed by atoms with Crippen LogP contribution in [-0.4, -0.2) is 48.9 Å². The predicted molar refractivity (Wildman–Crippen MR) is 91.2 cm³/mol. The zero-order chi connectivity index (χ0) is 17.6. The number of hydrogen-bond acceptors (Lipinski definition) is 5. The van der Waals surface area contributed by atoms with E-state index in [0.29, 0.717) is 24.3 Å². The fourth-order valence-corrected chi connectivity index (χ4v) is 3.57. The summed E-state index contributed by atoms with van der Waals surface area (Å²) in [4.78, 5) is 31.6. The summed E-state index contributed by atoms with van der Waals surface area (Å²) in [5.41, 5.74) is 0.298. The number of aryl methyl sites for hydroxylation is 2. The van der Waals surface area contributed by atoms with Crippen LogP contribution in [0.25, 0.3) is 11.2 Å². The molecule has 1 aliphatic heterocycles. The van der Waals surface area contributed by atoms with E-state index in [-0.39, 0.29) is 23.5 Å². The molecular formula is C16H25N5O3. The van der Waals surface area contributed by atoms with E-state index in [9.17, 15) is 9.59 Å². The molecule has 0 saturated carbocycles. The van der Waals surface area contributed by atoms with Gasteiger partial charge in [-0.1, -0.05) is 0 Å².